The topological polar surface area (TPSA) is 0 Å². The molecular weight excluding hydrogens is 79.1 g/mol. The molecule has 0 bridgehead atoms. The first-order chi connectivity index (χ1) is 2.77. The molecule has 0 aromatic carbocycles. The van der Waals surface area contributed by atoms with Gasteiger partial charge < -0.3 is 0 Å². The number of halogens is 1. The summed E-state index contributed by atoms with van der Waals surface area (Å²) >= 11 is 0. The molecule has 0 heterocycles. The van der Waals surface area contributed by atoms with Crippen LogP contribution in [0.3, 0.4) is 0 Å². The molecule has 0 aromatic rings. The second-order valence-electron chi connectivity index (χ2n) is 0.989. The van der Waals surface area contributed by atoms with Crippen molar-refractivity contribution in [2.24, 2.45) is 0 Å². The van der Waals surface area contributed by atoms with Gasteiger partial charge in [0.25, 0.3) is 0 Å². The lowest BCUT2D eigenvalue weighted by Gasteiger charge is -1.70. The predicted octanol–water partition coefficient (Wildman–Crippen LogP) is 2.05. The Morgan fingerprint density at radius 2 is 2.33 bits per heavy atom. The van der Waals surface area contributed by atoms with E-state index in [2.05, 4.69) is 6.58 Å². The van der Waals surface area contributed by atoms with E-state index in [1.54, 1.807) is 0 Å². The van der Waals surface area contributed by atoms with Gasteiger partial charge in [0, 0.05) is 0 Å². The second kappa shape index (κ2) is 2.64. The maximum Gasteiger partial charge on any atom is 0.0968 e. The van der Waals surface area contributed by atoms with Crippen molar-refractivity contribution in [1.82, 2.24) is 0 Å². The Labute approximate surface area is 37.0 Å². The molecule has 1 heteroatoms. The Kier molecular flexibility index (Phi) is 2.38. The molecule has 0 N–H and O–H groups in total. The van der Waals surface area contributed by atoms with Crippen molar-refractivity contribution < 1.29 is 4.39 Å². The summed E-state index contributed by atoms with van der Waals surface area (Å²) in [4.78, 5) is 0. The van der Waals surface area contributed by atoms with Crippen LogP contribution < -0.4 is 0 Å². The molecule has 0 amide bonds. The number of rotatable bonds is 1. The van der Waals surface area contributed by atoms with Crippen molar-refractivity contribution in [3.63, 3.8) is 0 Å². The molecule has 0 unspecified atom stereocenters. The largest absolute Gasteiger partial charge is 0.212 e. The van der Waals surface area contributed by atoms with E-state index < -0.39 is 0 Å². The molecule has 0 fully saturated rings. The van der Waals surface area contributed by atoms with Crippen LogP contribution in [-0.2, 0) is 0 Å². The predicted molar refractivity (Wildman–Crippen MR) is 25.1 cm³/mol. The van der Waals surface area contributed by atoms with Crippen LogP contribution in [0.5, 0.6) is 0 Å². The zero-order valence-electron chi connectivity index (χ0n) is 3.74. The Hall–Kier alpha value is -0.590. The van der Waals surface area contributed by atoms with E-state index in [1.807, 2.05) is 0 Å². The summed E-state index contributed by atoms with van der Waals surface area (Å²) in [5, 5.41) is 0. The summed E-state index contributed by atoms with van der Waals surface area (Å²) in [5.74, 6) is -0.204. The third-order valence-electron chi connectivity index (χ3n) is 0.348. The maximum atomic E-state index is 11.5. The van der Waals surface area contributed by atoms with Crippen LogP contribution in [0.15, 0.2) is 24.6 Å². The van der Waals surface area contributed by atoms with Crippen LogP contribution >= 0.6 is 0 Å². The maximum absolute atomic E-state index is 11.5. The third-order valence-corrected chi connectivity index (χ3v) is 0.348. The van der Waals surface area contributed by atoms with Gasteiger partial charge in [-0.25, -0.2) is 4.39 Å². The zero-order chi connectivity index (χ0) is 4.99. The smallest absolute Gasteiger partial charge is 0.0968 e. The zero-order valence-corrected chi connectivity index (χ0v) is 3.74. The summed E-state index contributed by atoms with van der Waals surface area (Å²) in [5.41, 5.74) is 0. The molecule has 0 spiro atoms. The van der Waals surface area contributed by atoms with Crippen LogP contribution in [0, 0.1) is 0 Å². The molecule has 0 rings (SSSR count). The van der Waals surface area contributed by atoms with Crippen LogP contribution in [0.4, 0.5) is 4.39 Å². The molecular formula is C5H7F. The molecule has 6 heavy (non-hydrogen) atoms. The van der Waals surface area contributed by atoms with Gasteiger partial charge in [-0.3, -0.25) is 0 Å². The summed E-state index contributed by atoms with van der Waals surface area (Å²) in [6.45, 7) is 4.66. The van der Waals surface area contributed by atoms with Gasteiger partial charge in [-0.1, -0.05) is 12.7 Å². The van der Waals surface area contributed by atoms with Gasteiger partial charge in [0.15, 0.2) is 0 Å². The van der Waals surface area contributed by atoms with E-state index in [9.17, 15) is 4.39 Å². The fourth-order valence-corrected chi connectivity index (χ4v) is 0.162. The molecule has 0 aliphatic heterocycles. The third kappa shape index (κ3) is 3.41. The van der Waals surface area contributed by atoms with Gasteiger partial charge in [-0.15, -0.1) is 0 Å². The lowest BCUT2D eigenvalue weighted by Crippen LogP contribution is -1.51. The van der Waals surface area contributed by atoms with E-state index in [-0.39, 0.29) is 5.83 Å². The van der Waals surface area contributed by atoms with Gasteiger partial charge in [-0.2, -0.15) is 0 Å². The van der Waals surface area contributed by atoms with Crippen LogP contribution in [0.25, 0.3) is 0 Å². The van der Waals surface area contributed by atoms with E-state index in [0.29, 0.717) is 0 Å². The van der Waals surface area contributed by atoms with Crippen LogP contribution in [0.2, 0.25) is 0 Å². The molecule has 0 radical (unpaired) electrons. The van der Waals surface area contributed by atoms with Crippen molar-refractivity contribution in [1.29, 1.82) is 0 Å². The van der Waals surface area contributed by atoms with E-state index in [4.69, 9.17) is 0 Å². The van der Waals surface area contributed by atoms with Gasteiger partial charge in [0.05, 0.1) is 5.83 Å². The average molecular weight is 86.1 g/mol. The Balaban J connectivity index is 3.41. The highest BCUT2D eigenvalue weighted by atomic mass is 19.1. The molecule has 0 nitrogen and oxygen atoms in total. The Bertz CT molecular complexity index is 68.0. The van der Waals surface area contributed by atoms with Gasteiger partial charge >= 0.3 is 0 Å². The first kappa shape index (κ1) is 5.41. The van der Waals surface area contributed by atoms with Crippen LogP contribution in [0.1, 0.15) is 6.92 Å². The molecule has 0 saturated heterocycles. The molecule has 0 aromatic heterocycles. The minimum Gasteiger partial charge on any atom is -0.212 e. The van der Waals surface area contributed by atoms with Crippen molar-refractivity contribution in [3.05, 3.63) is 24.6 Å². The number of allylic oxidation sites excluding steroid dienone is 3. The van der Waals surface area contributed by atoms with E-state index in [1.165, 1.54) is 19.1 Å². The van der Waals surface area contributed by atoms with Crippen molar-refractivity contribution >= 4 is 0 Å². The molecule has 0 atom stereocenters. The molecule has 0 saturated carbocycles. The van der Waals surface area contributed by atoms with E-state index in [0.717, 1.165) is 0 Å². The van der Waals surface area contributed by atoms with Crippen molar-refractivity contribution in [3.8, 4) is 0 Å². The minimum atomic E-state index is -0.204. The van der Waals surface area contributed by atoms with Gasteiger partial charge in [-0.05, 0) is 13.0 Å². The first-order valence-corrected chi connectivity index (χ1v) is 1.72. The lowest BCUT2D eigenvalue weighted by atomic mass is 10.5. The quantitative estimate of drug-likeness (QED) is 0.428. The second-order valence-corrected chi connectivity index (χ2v) is 0.989. The highest BCUT2D eigenvalue weighted by molar-refractivity contribution is 5.00. The molecule has 0 aliphatic carbocycles. The Morgan fingerprint density at radius 3 is 2.33 bits per heavy atom. The number of hydrogen-bond acceptors (Lipinski definition) is 0. The summed E-state index contributed by atoms with van der Waals surface area (Å²) in [7, 11) is 0. The normalized spacial score (nSPS) is 11.3. The fraction of sp³-hybridized carbons (Fsp3) is 0.200. The summed E-state index contributed by atoms with van der Waals surface area (Å²) in [6, 6.07) is 0. The summed E-state index contributed by atoms with van der Waals surface area (Å²) in [6.07, 6.45) is 2.72. The minimum absolute atomic E-state index is 0.204. The van der Waals surface area contributed by atoms with Gasteiger partial charge in [0.1, 0.15) is 0 Å². The monoisotopic (exact) mass is 86.1 g/mol. The first-order valence-electron chi connectivity index (χ1n) is 1.72. The fourth-order valence-electron chi connectivity index (χ4n) is 0.162. The molecule has 0 aliphatic rings. The van der Waals surface area contributed by atoms with Crippen molar-refractivity contribution in [2.45, 2.75) is 6.92 Å². The summed E-state index contributed by atoms with van der Waals surface area (Å²) < 4.78 is 11.5. The molecule has 34 valence electrons. The van der Waals surface area contributed by atoms with Crippen LogP contribution in [-0.4, -0.2) is 0 Å². The standard InChI is InChI=1S/C5H7F/c1-3-4-5(2)6/h3-4H,1H2,2H3/b5-4-. The highest BCUT2D eigenvalue weighted by Gasteiger charge is 1.69. The van der Waals surface area contributed by atoms with E-state index >= 15 is 0 Å². The average Bonchev–Trinajstić information content (AvgIpc) is 1.35. The van der Waals surface area contributed by atoms with Gasteiger partial charge in [0.2, 0.25) is 0 Å². The number of hydrogen-bond donors (Lipinski definition) is 0. The SMILES string of the molecule is C=C/C=C(/C)F. The lowest BCUT2D eigenvalue weighted by molar-refractivity contribution is 0.641. The Morgan fingerprint density at radius 1 is 1.83 bits per heavy atom. The highest BCUT2D eigenvalue weighted by Crippen LogP contribution is 1.89. The van der Waals surface area contributed by atoms with Crippen molar-refractivity contribution in [2.75, 3.05) is 0 Å².